The molecule has 0 saturated carbocycles. The normalized spacial score (nSPS) is 10.6. The number of H-pyrrole nitrogens is 1. The van der Waals surface area contributed by atoms with Crippen molar-refractivity contribution in [3.8, 4) is 5.75 Å². The maximum Gasteiger partial charge on any atom is 0.269 e. The molecule has 14 heavy (non-hydrogen) atoms. The molecule has 1 aromatic rings. The summed E-state index contributed by atoms with van der Waals surface area (Å²) in [6, 6.07) is 0. The van der Waals surface area contributed by atoms with Crippen LogP contribution in [0.5, 0.6) is 5.75 Å². The molecule has 0 aliphatic rings. The fourth-order valence-corrected chi connectivity index (χ4v) is 1.52. The van der Waals surface area contributed by atoms with Crippen molar-refractivity contribution >= 4 is 15.9 Å². The summed E-state index contributed by atoms with van der Waals surface area (Å²) in [6.07, 6.45) is -1.54. The van der Waals surface area contributed by atoms with Crippen molar-refractivity contribution in [1.82, 2.24) is 4.98 Å². The molecule has 0 fully saturated rings. The van der Waals surface area contributed by atoms with Crippen LogP contribution in [0.2, 0.25) is 0 Å². The Morgan fingerprint density at radius 1 is 1.64 bits per heavy atom. The van der Waals surface area contributed by atoms with E-state index in [1.165, 1.54) is 13.3 Å². The quantitative estimate of drug-likeness (QED) is 0.854. The lowest BCUT2D eigenvalue weighted by Crippen LogP contribution is -2.15. The van der Waals surface area contributed by atoms with Crippen molar-refractivity contribution in [2.75, 3.05) is 7.11 Å². The minimum Gasteiger partial charge on any atom is -0.491 e. The number of hydrogen-bond donors (Lipinski definition) is 1. The van der Waals surface area contributed by atoms with Gasteiger partial charge in [-0.25, -0.2) is 8.78 Å². The van der Waals surface area contributed by atoms with Crippen LogP contribution in [0, 0.1) is 0 Å². The van der Waals surface area contributed by atoms with Crippen molar-refractivity contribution in [3.63, 3.8) is 0 Å². The molecule has 0 atom stereocenters. The molecule has 1 rings (SSSR count). The Balaban J connectivity index is 3.39. The number of aromatic nitrogens is 1. The van der Waals surface area contributed by atoms with Gasteiger partial charge in [-0.3, -0.25) is 4.79 Å². The van der Waals surface area contributed by atoms with E-state index in [1.54, 1.807) is 0 Å². The summed E-state index contributed by atoms with van der Waals surface area (Å²) >= 11 is 3.01. The van der Waals surface area contributed by atoms with Gasteiger partial charge in [0.05, 0.1) is 12.7 Å². The molecule has 0 aliphatic heterocycles. The molecule has 0 aliphatic carbocycles. The number of aromatic amines is 1. The van der Waals surface area contributed by atoms with E-state index in [1.807, 2.05) is 0 Å². The van der Waals surface area contributed by atoms with E-state index in [-0.39, 0.29) is 16.8 Å². The second kappa shape index (κ2) is 4.54. The zero-order valence-electron chi connectivity index (χ0n) is 7.31. The molecule has 0 saturated heterocycles. The lowest BCUT2D eigenvalue weighted by atomic mass is 10.2. The van der Waals surface area contributed by atoms with Crippen molar-refractivity contribution in [3.05, 3.63) is 27.7 Å². The highest BCUT2D eigenvalue weighted by Crippen LogP contribution is 2.21. The van der Waals surface area contributed by atoms with Crippen molar-refractivity contribution in [1.29, 1.82) is 0 Å². The van der Waals surface area contributed by atoms with Gasteiger partial charge < -0.3 is 9.72 Å². The molecule has 6 heteroatoms. The first kappa shape index (κ1) is 11.2. The van der Waals surface area contributed by atoms with Gasteiger partial charge in [-0.15, -0.1) is 0 Å². The largest absolute Gasteiger partial charge is 0.491 e. The Hall–Kier alpha value is -0.910. The number of ether oxygens (including phenoxy) is 1. The van der Waals surface area contributed by atoms with Crippen molar-refractivity contribution in [2.45, 2.75) is 11.8 Å². The molecule has 1 aromatic heterocycles. The second-order valence-corrected chi connectivity index (χ2v) is 3.07. The molecular weight excluding hydrogens is 260 g/mol. The van der Waals surface area contributed by atoms with Gasteiger partial charge in [0.2, 0.25) is 5.43 Å². The number of methoxy groups -OCH3 is 1. The minimum atomic E-state index is -2.80. The van der Waals surface area contributed by atoms with Crippen molar-refractivity contribution in [2.24, 2.45) is 0 Å². The first-order chi connectivity index (χ1) is 6.61. The number of rotatable bonds is 3. The number of halogens is 3. The highest BCUT2D eigenvalue weighted by Gasteiger charge is 2.19. The van der Waals surface area contributed by atoms with Crippen LogP contribution < -0.4 is 10.2 Å². The average Bonchev–Trinajstić information content (AvgIpc) is 2.16. The van der Waals surface area contributed by atoms with Crippen molar-refractivity contribution < 1.29 is 13.5 Å². The Labute approximate surface area is 87.2 Å². The third-order valence-corrected chi connectivity index (χ3v) is 2.30. The first-order valence-corrected chi connectivity index (χ1v) is 4.86. The predicted molar refractivity (Wildman–Crippen MR) is 51.2 cm³/mol. The maximum absolute atomic E-state index is 12.5. The van der Waals surface area contributed by atoms with E-state index >= 15 is 0 Å². The van der Waals surface area contributed by atoms with E-state index in [2.05, 4.69) is 25.7 Å². The van der Waals surface area contributed by atoms with Crippen LogP contribution in [0.1, 0.15) is 17.7 Å². The molecule has 0 spiro atoms. The smallest absolute Gasteiger partial charge is 0.269 e. The van der Waals surface area contributed by atoms with Crippen LogP contribution in [-0.4, -0.2) is 12.1 Å². The molecule has 0 unspecified atom stereocenters. The number of hydrogen-bond acceptors (Lipinski definition) is 2. The van der Waals surface area contributed by atoms with Gasteiger partial charge in [-0.1, -0.05) is 15.9 Å². The van der Waals surface area contributed by atoms with Gasteiger partial charge in [-0.2, -0.15) is 0 Å². The van der Waals surface area contributed by atoms with E-state index in [0.717, 1.165) is 0 Å². The van der Waals surface area contributed by atoms with E-state index in [4.69, 9.17) is 0 Å². The number of nitrogens with one attached hydrogen (secondary N) is 1. The standard InChI is InChI=1S/C8H8BrF2NO2/c1-14-5-3-12-4(2-9)6(7(5)13)8(10)11/h3,8H,2H2,1H3,(H,12,13). The SMILES string of the molecule is COc1c[nH]c(CBr)c(C(F)F)c1=O. The van der Waals surface area contributed by atoms with Gasteiger partial charge in [0.25, 0.3) is 6.43 Å². The molecule has 0 aromatic carbocycles. The lowest BCUT2D eigenvalue weighted by Gasteiger charge is -2.07. The molecular formula is C8H8BrF2NO2. The monoisotopic (exact) mass is 267 g/mol. The van der Waals surface area contributed by atoms with Gasteiger partial charge in [0.15, 0.2) is 5.75 Å². The van der Waals surface area contributed by atoms with Crippen LogP contribution in [-0.2, 0) is 5.33 Å². The predicted octanol–water partition coefficient (Wildman–Crippen LogP) is 2.22. The van der Waals surface area contributed by atoms with E-state index in [0.29, 0.717) is 0 Å². The van der Waals surface area contributed by atoms with Gasteiger partial charge in [0.1, 0.15) is 0 Å². The zero-order chi connectivity index (χ0) is 10.7. The molecule has 1 N–H and O–H groups in total. The zero-order valence-corrected chi connectivity index (χ0v) is 8.90. The summed E-state index contributed by atoms with van der Waals surface area (Å²) in [7, 11) is 1.26. The first-order valence-electron chi connectivity index (χ1n) is 3.74. The fourth-order valence-electron chi connectivity index (χ4n) is 1.06. The lowest BCUT2D eigenvalue weighted by molar-refractivity contribution is 0.148. The molecule has 3 nitrogen and oxygen atoms in total. The summed E-state index contributed by atoms with van der Waals surface area (Å²) in [4.78, 5) is 14.0. The van der Waals surface area contributed by atoms with Crippen LogP contribution in [0.25, 0.3) is 0 Å². The summed E-state index contributed by atoms with van der Waals surface area (Å²) in [5.74, 6) is -0.106. The second-order valence-electron chi connectivity index (χ2n) is 2.51. The summed E-state index contributed by atoms with van der Waals surface area (Å²) < 4.78 is 29.6. The summed E-state index contributed by atoms with van der Waals surface area (Å²) in [5.41, 5.74) is -1.14. The summed E-state index contributed by atoms with van der Waals surface area (Å²) in [6.45, 7) is 0. The molecule has 78 valence electrons. The van der Waals surface area contributed by atoms with Crippen LogP contribution in [0.15, 0.2) is 11.0 Å². The Morgan fingerprint density at radius 3 is 2.71 bits per heavy atom. The fraction of sp³-hybridized carbons (Fsp3) is 0.375. The third kappa shape index (κ3) is 1.95. The molecule has 0 bridgehead atoms. The maximum atomic E-state index is 12.5. The van der Waals surface area contributed by atoms with Crippen LogP contribution >= 0.6 is 15.9 Å². The van der Waals surface area contributed by atoms with E-state index in [9.17, 15) is 13.6 Å². The van der Waals surface area contributed by atoms with Gasteiger partial charge in [0, 0.05) is 17.2 Å². The summed E-state index contributed by atoms with van der Waals surface area (Å²) in [5, 5.41) is 0.173. The highest BCUT2D eigenvalue weighted by atomic mass is 79.9. The van der Waals surface area contributed by atoms with Crippen LogP contribution in [0.4, 0.5) is 8.78 Å². The molecule has 1 heterocycles. The Bertz CT molecular complexity index is 378. The van der Waals surface area contributed by atoms with Gasteiger partial charge >= 0.3 is 0 Å². The van der Waals surface area contributed by atoms with E-state index < -0.39 is 17.4 Å². The molecule has 0 radical (unpaired) electrons. The van der Waals surface area contributed by atoms with Gasteiger partial charge in [-0.05, 0) is 0 Å². The topological polar surface area (TPSA) is 42.1 Å². The molecule has 0 amide bonds. The third-order valence-electron chi connectivity index (χ3n) is 1.74. The number of alkyl halides is 3. The highest BCUT2D eigenvalue weighted by molar-refractivity contribution is 9.08. The number of pyridine rings is 1. The Morgan fingerprint density at radius 2 is 2.29 bits per heavy atom. The Kier molecular flexibility index (Phi) is 3.62. The average molecular weight is 268 g/mol. The van der Waals surface area contributed by atoms with Crippen LogP contribution in [0.3, 0.4) is 0 Å². The minimum absolute atomic E-state index is 0.106.